The van der Waals surface area contributed by atoms with Crippen LogP contribution in [0, 0.1) is 5.92 Å². The van der Waals surface area contributed by atoms with E-state index in [4.69, 9.17) is 11.6 Å². The van der Waals surface area contributed by atoms with E-state index in [0.29, 0.717) is 10.6 Å². The second-order valence-corrected chi connectivity index (χ2v) is 5.12. The lowest BCUT2D eigenvalue weighted by atomic mass is 9.95. The number of rotatable bonds is 4. The summed E-state index contributed by atoms with van der Waals surface area (Å²) in [6.07, 6.45) is 1.65. The van der Waals surface area contributed by atoms with Crippen LogP contribution in [0.4, 0.5) is 0 Å². The first-order valence-electron chi connectivity index (χ1n) is 5.75. The molecule has 1 aliphatic rings. The molecule has 2 rings (SSSR count). The second kappa shape index (κ2) is 4.61. The van der Waals surface area contributed by atoms with Crippen molar-refractivity contribution in [1.29, 1.82) is 0 Å². The summed E-state index contributed by atoms with van der Waals surface area (Å²) >= 11 is 5.91. The Hall–Kier alpha value is -1.55. The SMILES string of the molecule is CC(NC(=O)c1ccccc1Cl)(C(=O)O)C1CC1. The zero-order valence-electron chi connectivity index (χ0n) is 9.94. The number of carboxylic acid groups (broad SMARTS) is 1. The minimum absolute atomic E-state index is 0.00133. The van der Waals surface area contributed by atoms with E-state index in [0.717, 1.165) is 12.8 Å². The Morgan fingerprint density at radius 2 is 2.00 bits per heavy atom. The number of hydrogen-bond acceptors (Lipinski definition) is 2. The quantitative estimate of drug-likeness (QED) is 0.880. The number of amides is 1. The number of benzene rings is 1. The summed E-state index contributed by atoms with van der Waals surface area (Å²) < 4.78 is 0. The van der Waals surface area contributed by atoms with Gasteiger partial charge in [0.25, 0.3) is 5.91 Å². The smallest absolute Gasteiger partial charge is 0.329 e. The standard InChI is InChI=1S/C13H14ClNO3/c1-13(12(17)18,8-6-7-8)15-11(16)9-4-2-3-5-10(9)14/h2-5,8H,6-7H2,1H3,(H,15,16)(H,17,18). The largest absolute Gasteiger partial charge is 0.480 e. The van der Waals surface area contributed by atoms with E-state index in [-0.39, 0.29) is 5.92 Å². The third kappa shape index (κ3) is 2.34. The van der Waals surface area contributed by atoms with Crippen molar-refractivity contribution < 1.29 is 14.7 Å². The number of nitrogens with one attached hydrogen (secondary N) is 1. The highest BCUT2D eigenvalue weighted by atomic mass is 35.5. The van der Waals surface area contributed by atoms with Crippen molar-refractivity contribution in [3.8, 4) is 0 Å². The summed E-state index contributed by atoms with van der Waals surface area (Å²) in [5, 5.41) is 12.2. The van der Waals surface area contributed by atoms with Gasteiger partial charge in [-0.3, -0.25) is 4.79 Å². The zero-order valence-corrected chi connectivity index (χ0v) is 10.7. The molecule has 0 bridgehead atoms. The van der Waals surface area contributed by atoms with E-state index in [9.17, 15) is 14.7 Å². The van der Waals surface area contributed by atoms with Crippen LogP contribution in [0.5, 0.6) is 0 Å². The van der Waals surface area contributed by atoms with Crippen LogP contribution < -0.4 is 5.32 Å². The van der Waals surface area contributed by atoms with Gasteiger partial charge in [-0.15, -0.1) is 0 Å². The van der Waals surface area contributed by atoms with E-state index in [1.165, 1.54) is 0 Å². The van der Waals surface area contributed by atoms with Crippen molar-refractivity contribution >= 4 is 23.5 Å². The predicted molar refractivity (Wildman–Crippen MR) is 67.7 cm³/mol. The molecule has 0 aromatic heterocycles. The van der Waals surface area contributed by atoms with Crippen LogP contribution in [0.15, 0.2) is 24.3 Å². The first-order chi connectivity index (χ1) is 8.45. The van der Waals surface area contributed by atoms with Gasteiger partial charge < -0.3 is 10.4 Å². The van der Waals surface area contributed by atoms with Gasteiger partial charge in [-0.1, -0.05) is 23.7 Å². The van der Waals surface area contributed by atoms with Crippen molar-refractivity contribution in [3.05, 3.63) is 34.9 Å². The summed E-state index contributed by atoms with van der Waals surface area (Å²) in [5.74, 6) is -1.45. The Morgan fingerprint density at radius 3 is 2.50 bits per heavy atom. The summed E-state index contributed by atoms with van der Waals surface area (Å²) in [5.41, 5.74) is -0.914. The zero-order chi connectivity index (χ0) is 13.3. The Morgan fingerprint density at radius 1 is 1.39 bits per heavy atom. The molecule has 1 aromatic carbocycles. The minimum atomic E-state index is -1.21. The highest BCUT2D eigenvalue weighted by Crippen LogP contribution is 2.40. The van der Waals surface area contributed by atoms with Crippen LogP contribution in [0.25, 0.3) is 0 Å². The molecule has 1 aromatic rings. The van der Waals surface area contributed by atoms with E-state index >= 15 is 0 Å². The number of halogens is 1. The number of carboxylic acids is 1. The van der Waals surface area contributed by atoms with Crippen molar-refractivity contribution in [2.24, 2.45) is 5.92 Å². The van der Waals surface area contributed by atoms with Gasteiger partial charge in [-0.05, 0) is 37.8 Å². The van der Waals surface area contributed by atoms with Gasteiger partial charge in [0.1, 0.15) is 5.54 Å². The molecular weight excluding hydrogens is 254 g/mol. The van der Waals surface area contributed by atoms with Gasteiger partial charge in [0.15, 0.2) is 0 Å². The third-order valence-corrected chi connectivity index (χ3v) is 3.66. The molecular formula is C13H14ClNO3. The molecule has 18 heavy (non-hydrogen) atoms. The Bertz CT molecular complexity index is 499. The number of carbonyl (C=O) groups excluding carboxylic acids is 1. The van der Waals surface area contributed by atoms with Crippen LogP contribution in [-0.2, 0) is 4.79 Å². The van der Waals surface area contributed by atoms with Crippen LogP contribution in [0.2, 0.25) is 5.02 Å². The molecule has 1 amide bonds. The van der Waals surface area contributed by atoms with E-state index in [2.05, 4.69) is 5.32 Å². The Balaban J connectivity index is 2.20. The lowest BCUT2D eigenvalue weighted by Crippen LogP contribution is -2.54. The van der Waals surface area contributed by atoms with Crippen LogP contribution in [0.1, 0.15) is 30.1 Å². The predicted octanol–water partition coefficient (Wildman–Crippen LogP) is 2.32. The monoisotopic (exact) mass is 267 g/mol. The van der Waals surface area contributed by atoms with Gasteiger partial charge in [-0.25, -0.2) is 4.79 Å². The van der Waals surface area contributed by atoms with Crippen molar-refractivity contribution in [2.75, 3.05) is 0 Å². The van der Waals surface area contributed by atoms with Crippen molar-refractivity contribution in [1.82, 2.24) is 5.32 Å². The molecule has 2 N–H and O–H groups in total. The lowest BCUT2D eigenvalue weighted by Gasteiger charge is -2.26. The van der Waals surface area contributed by atoms with Crippen molar-refractivity contribution in [3.63, 3.8) is 0 Å². The molecule has 0 spiro atoms. The minimum Gasteiger partial charge on any atom is -0.480 e. The molecule has 0 aliphatic heterocycles. The maximum absolute atomic E-state index is 12.1. The summed E-state index contributed by atoms with van der Waals surface area (Å²) in [6, 6.07) is 6.59. The molecule has 1 fully saturated rings. The summed E-state index contributed by atoms with van der Waals surface area (Å²) in [7, 11) is 0. The molecule has 96 valence electrons. The Labute approximate surface area is 110 Å². The average Bonchev–Trinajstić information content (AvgIpc) is 3.13. The lowest BCUT2D eigenvalue weighted by molar-refractivity contribution is -0.144. The Kier molecular flexibility index (Phi) is 3.30. The first kappa shape index (κ1) is 12.9. The average molecular weight is 268 g/mol. The van der Waals surface area contributed by atoms with Crippen LogP contribution >= 0.6 is 11.6 Å². The highest BCUT2D eigenvalue weighted by molar-refractivity contribution is 6.33. The van der Waals surface area contributed by atoms with Crippen LogP contribution in [-0.4, -0.2) is 22.5 Å². The molecule has 0 saturated heterocycles. The van der Waals surface area contributed by atoms with E-state index in [1.54, 1.807) is 31.2 Å². The molecule has 0 heterocycles. The molecule has 1 unspecified atom stereocenters. The molecule has 0 radical (unpaired) electrons. The van der Waals surface area contributed by atoms with Gasteiger partial charge in [0.05, 0.1) is 10.6 Å². The van der Waals surface area contributed by atoms with Crippen LogP contribution in [0.3, 0.4) is 0 Å². The molecule has 5 heteroatoms. The number of carbonyl (C=O) groups is 2. The topological polar surface area (TPSA) is 66.4 Å². The first-order valence-corrected chi connectivity index (χ1v) is 6.13. The number of hydrogen-bond donors (Lipinski definition) is 2. The summed E-state index contributed by atoms with van der Waals surface area (Å²) in [6.45, 7) is 1.54. The third-order valence-electron chi connectivity index (χ3n) is 3.33. The highest BCUT2D eigenvalue weighted by Gasteiger charge is 2.48. The van der Waals surface area contributed by atoms with Gasteiger partial charge in [-0.2, -0.15) is 0 Å². The van der Waals surface area contributed by atoms with Gasteiger partial charge in [0, 0.05) is 0 Å². The normalized spacial score (nSPS) is 17.9. The van der Waals surface area contributed by atoms with Crippen molar-refractivity contribution in [2.45, 2.75) is 25.3 Å². The summed E-state index contributed by atoms with van der Waals surface area (Å²) in [4.78, 5) is 23.4. The second-order valence-electron chi connectivity index (χ2n) is 4.72. The van der Waals surface area contributed by atoms with Gasteiger partial charge >= 0.3 is 5.97 Å². The maximum atomic E-state index is 12.1. The molecule has 1 atom stereocenters. The molecule has 4 nitrogen and oxygen atoms in total. The fourth-order valence-corrected chi connectivity index (χ4v) is 2.16. The fourth-order valence-electron chi connectivity index (χ4n) is 1.94. The number of aliphatic carboxylic acids is 1. The van der Waals surface area contributed by atoms with E-state index < -0.39 is 17.4 Å². The van der Waals surface area contributed by atoms with E-state index in [1.807, 2.05) is 0 Å². The fraction of sp³-hybridized carbons (Fsp3) is 0.385. The van der Waals surface area contributed by atoms with Gasteiger partial charge in [0.2, 0.25) is 0 Å². The maximum Gasteiger partial charge on any atom is 0.329 e. The molecule has 1 saturated carbocycles. The molecule has 1 aliphatic carbocycles.